The van der Waals surface area contributed by atoms with E-state index in [1.807, 2.05) is 12.4 Å². The van der Waals surface area contributed by atoms with Crippen LogP contribution in [0.2, 0.25) is 0 Å². The first-order valence-corrected chi connectivity index (χ1v) is 7.16. The molecule has 88 valence electrons. The van der Waals surface area contributed by atoms with Gasteiger partial charge in [0.25, 0.3) is 0 Å². The van der Waals surface area contributed by atoms with Gasteiger partial charge in [-0.3, -0.25) is 4.98 Å². The van der Waals surface area contributed by atoms with E-state index in [4.69, 9.17) is 0 Å². The number of nitrogens with zero attached hydrogens (tertiary/aromatic N) is 1. The molecule has 2 aromatic rings. The molecule has 1 nitrogen and oxygen atoms in total. The van der Waals surface area contributed by atoms with E-state index in [9.17, 15) is 0 Å². The Balaban J connectivity index is 2.20. The van der Waals surface area contributed by atoms with Crippen molar-refractivity contribution in [2.24, 2.45) is 0 Å². The summed E-state index contributed by atoms with van der Waals surface area (Å²) in [7, 11) is 0. The average molecular weight is 355 g/mol. The van der Waals surface area contributed by atoms with Crippen molar-refractivity contribution in [2.45, 2.75) is 18.2 Å². The van der Waals surface area contributed by atoms with Gasteiger partial charge in [0.15, 0.2) is 0 Å². The van der Waals surface area contributed by atoms with Crippen LogP contribution in [0.5, 0.6) is 0 Å². The van der Waals surface area contributed by atoms with Crippen molar-refractivity contribution in [3.05, 3.63) is 63.9 Å². The van der Waals surface area contributed by atoms with Gasteiger partial charge >= 0.3 is 0 Å². The molecule has 1 heterocycles. The molecule has 1 atom stereocenters. The monoisotopic (exact) mass is 353 g/mol. The van der Waals surface area contributed by atoms with Crippen LogP contribution in [0.15, 0.2) is 47.2 Å². The van der Waals surface area contributed by atoms with Crippen LogP contribution in [0.1, 0.15) is 21.5 Å². The molecule has 0 spiro atoms. The number of aromatic nitrogens is 1. The Morgan fingerprint density at radius 3 is 2.59 bits per heavy atom. The van der Waals surface area contributed by atoms with Crippen LogP contribution in [-0.4, -0.2) is 4.98 Å². The zero-order chi connectivity index (χ0) is 12.3. The van der Waals surface area contributed by atoms with Gasteiger partial charge in [-0.05, 0) is 54.3 Å². The first-order chi connectivity index (χ1) is 8.16. The third-order valence-corrected chi connectivity index (χ3v) is 4.05. The number of pyridine rings is 1. The smallest absolute Gasteiger partial charge is 0.0438 e. The normalized spacial score (nSPS) is 12.4. The fourth-order valence-corrected chi connectivity index (χ4v) is 3.03. The lowest BCUT2D eigenvalue weighted by Gasteiger charge is -2.13. The molecule has 1 aromatic heterocycles. The predicted octanol–water partition coefficient (Wildman–Crippen LogP) is 4.83. The lowest BCUT2D eigenvalue weighted by atomic mass is 10.0. The van der Waals surface area contributed by atoms with Crippen LogP contribution in [0.4, 0.5) is 0 Å². The van der Waals surface area contributed by atoms with Crippen molar-refractivity contribution in [1.29, 1.82) is 0 Å². The molecular formula is C14H13Br2N. The van der Waals surface area contributed by atoms with Gasteiger partial charge in [-0.2, -0.15) is 0 Å². The molecule has 0 bridgehead atoms. The molecule has 2 rings (SSSR count). The summed E-state index contributed by atoms with van der Waals surface area (Å²) in [5.74, 6) is 0. The Kier molecular flexibility index (Phi) is 4.35. The van der Waals surface area contributed by atoms with Crippen LogP contribution in [0.3, 0.4) is 0 Å². The van der Waals surface area contributed by atoms with Crippen LogP contribution < -0.4 is 0 Å². The van der Waals surface area contributed by atoms with Crippen molar-refractivity contribution in [2.75, 3.05) is 0 Å². The molecule has 0 N–H and O–H groups in total. The Morgan fingerprint density at radius 2 is 1.88 bits per heavy atom. The summed E-state index contributed by atoms with van der Waals surface area (Å²) in [4.78, 5) is 4.37. The number of hydrogen-bond donors (Lipinski definition) is 0. The summed E-state index contributed by atoms with van der Waals surface area (Å²) in [5, 5.41) is 0. The number of benzene rings is 1. The minimum Gasteiger partial charge on any atom is -0.265 e. The number of halogens is 2. The highest BCUT2D eigenvalue weighted by molar-refractivity contribution is 9.10. The minimum absolute atomic E-state index is 0.336. The third-order valence-electron chi connectivity index (χ3n) is 2.74. The van der Waals surface area contributed by atoms with Crippen LogP contribution >= 0.6 is 31.9 Å². The molecule has 3 heteroatoms. The highest BCUT2D eigenvalue weighted by Gasteiger charge is 2.11. The van der Waals surface area contributed by atoms with Gasteiger partial charge in [-0.1, -0.05) is 37.9 Å². The Morgan fingerprint density at radius 1 is 1.18 bits per heavy atom. The topological polar surface area (TPSA) is 12.9 Å². The second-order valence-electron chi connectivity index (χ2n) is 4.03. The first-order valence-electron chi connectivity index (χ1n) is 5.46. The van der Waals surface area contributed by atoms with E-state index in [2.05, 4.69) is 74.1 Å². The molecule has 0 radical (unpaired) electrons. The third kappa shape index (κ3) is 3.39. The molecular weight excluding hydrogens is 342 g/mol. The summed E-state index contributed by atoms with van der Waals surface area (Å²) >= 11 is 7.29. The van der Waals surface area contributed by atoms with E-state index < -0.39 is 0 Å². The van der Waals surface area contributed by atoms with Crippen LogP contribution in [-0.2, 0) is 6.42 Å². The molecule has 17 heavy (non-hydrogen) atoms. The van der Waals surface area contributed by atoms with E-state index in [0.29, 0.717) is 4.83 Å². The second kappa shape index (κ2) is 5.78. The van der Waals surface area contributed by atoms with Gasteiger partial charge in [0.1, 0.15) is 0 Å². The molecule has 0 aliphatic carbocycles. The molecule has 0 aliphatic heterocycles. The zero-order valence-electron chi connectivity index (χ0n) is 9.53. The summed E-state index contributed by atoms with van der Waals surface area (Å²) in [6.45, 7) is 2.14. The highest BCUT2D eigenvalue weighted by Crippen LogP contribution is 2.31. The summed E-state index contributed by atoms with van der Waals surface area (Å²) in [5.41, 5.74) is 3.93. The molecule has 1 unspecified atom stereocenters. The Hall–Kier alpha value is -0.670. The molecule has 0 saturated carbocycles. The zero-order valence-corrected chi connectivity index (χ0v) is 12.7. The predicted molar refractivity (Wildman–Crippen MR) is 78.5 cm³/mol. The molecule has 0 saturated heterocycles. The van der Waals surface area contributed by atoms with Crippen molar-refractivity contribution < 1.29 is 0 Å². The lowest BCUT2D eigenvalue weighted by Crippen LogP contribution is -1.98. The number of aryl methyl sites for hydroxylation is 1. The van der Waals surface area contributed by atoms with Crippen molar-refractivity contribution in [3.8, 4) is 0 Å². The van der Waals surface area contributed by atoms with E-state index in [1.165, 1.54) is 16.7 Å². The van der Waals surface area contributed by atoms with Crippen LogP contribution in [0, 0.1) is 6.92 Å². The van der Waals surface area contributed by atoms with Crippen LogP contribution in [0.25, 0.3) is 0 Å². The van der Waals surface area contributed by atoms with E-state index in [1.54, 1.807) is 0 Å². The quantitative estimate of drug-likeness (QED) is 0.719. The van der Waals surface area contributed by atoms with E-state index in [-0.39, 0.29) is 0 Å². The number of alkyl halides is 1. The number of hydrogen-bond acceptors (Lipinski definition) is 1. The Bertz CT molecular complexity index is 497. The summed E-state index contributed by atoms with van der Waals surface area (Å²) in [6, 6.07) is 10.5. The van der Waals surface area contributed by atoms with E-state index >= 15 is 0 Å². The van der Waals surface area contributed by atoms with Gasteiger partial charge in [0, 0.05) is 21.7 Å². The van der Waals surface area contributed by atoms with E-state index in [0.717, 1.165) is 10.9 Å². The summed E-state index contributed by atoms with van der Waals surface area (Å²) < 4.78 is 1.12. The molecule has 1 aromatic carbocycles. The van der Waals surface area contributed by atoms with Gasteiger partial charge in [-0.25, -0.2) is 0 Å². The maximum Gasteiger partial charge on any atom is 0.0438 e. The lowest BCUT2D eigenvalue weighted by molar-refractivity contribution is 0.933. The van der Waals surface area contributed by atoms with Crippen molar-refractivity contribution in [3.63, 3.8) is 0 Å². The number of rotatable bonds is 3. The minimum atomic E-state index is 0.336. The fourth-order valence-electron chi connectivity index (χ4n) is 1.78. The highest BCUT2D eigenvalue weighted by atomic mass is 79.9. The molecule has 0 fully saturated rings. The summed E-state index contributed by atoms with van der Waals surface area (Å²) in [6.07, 6.45) is 4.64. The average Bonchev–Trinajstić information content (AvgIpc) is 2.33. The SMILES string of the molecule is Cc1ccc(Br)cc1C(Br)Cc1ccncc1. The fraction of sp³-hybridized carbons (Fsp3) is 0.214. The van der Waals surface area contributed by atoms with Gasteiger partial charge in [0.2, 0.25) is 0 Å². The standard InChI is InChI=1S/C14H13Br2N/c1-10-2-3-12(15)9-13(10)14(16)8-11-4-6-17-7-5-11/h2-7,9,14H,8H2,1H3. The molecule has 0 aliphatic rings. The van der Waals surface area contributed by atoms with Gasteiger partial charge < -0.3 is 0 Å². The first kappa shape index (κ1) is 12.8. The van der Waals surface area contributed by atoms with Gasteiger partial charge in [0.05, 0.1) is 0 Å². The second-order valence-corrected chi connectivity index (χ2v) is 6.05. The Labute approximate surface area is 119 Å². The molecule has 0 amide bonds. The maximum atomic E-state index is 4.03. The van der Waals surface area contributed by atoms with Crippen molar-refractivity contribution in [1.82, 2.24) is 4.98 Å². The van der Waals surface area contributed by atoms with Gasteiger partial charge in [-0.15, -0.1) is 0 Å². The van der Waals surface area contributed by atoms with Crippen molar-refractivity contribution >= 4 is 31.9 Å². The largest absolute Gasteiger partial charge is 0.265 e. The maximum absolute atomic E-state index is 4.03.